The summed E-state index contributed by atoms with van der Waals surface area (Å²) in [5.74, 6) is 0. The van der Waals surface area contributed by atoms with Crippen LogP contribution in [0.4, 0.5) is 0 Å². The van der Waals surface area contributed by atoms with Gasteiger partial charge in [0.15, 0.2) is 8.32 Å². The zero-order chi connectivity index (χ0) is 18.8. The van der Waals surface area contributed by atoms with Crippen molar-refractivity contribution in [3.63, 3.8) is 0 Å². The summed E-state index contributed by atoms with van der Waals surface area (Å²) in [7, 11) is -1.72. The first-order valence-electron chi connectivity index (χ1n) is 10.00. The van der Waals surface area contributed by atoms with Gasteiger partial charge in [0.1, 0.15) is 0 Å². The topological polar surface area (TPSA) is 24.9 Å². The highest BCUT2D eigenvalue weighted by Gasteiger charge is 2.40. The van der Waals surface area contributed by atoms with Crippen molar-refractivity contribution in [1.82, 2.24) is 9.80 Å². The Kier molecular flexibility index (Phi) is 6.24. The van der Waals surface area contributed by atoms with E-state index < -0.39 is 8.32 Å². The number of nitrogens with zero attached hydrogens (tertiary/aromatic N) is 2. The minimum atomic E-state index is -1.72. The van der Waals surface area contributed by atoms with Crippen molar-refractivity contribution in [2.75, 3.05) is 39.5 Å². The Morgan fingerprint density at radius 3 is 2.58 bits per heavy atom. The molecule has 2 aliphatic heterocycles. The molecule has 2 fully saturated rings. The van der Waals surface area contributed by atoms with Gasteiger partial charge >= 0.3 is 0 Å². The maximum atomic E-state index is 6.62. The largest absolute Gasteiger partial charge is 0.415 e. The summed E-state index contributed by atoms with van der Waals surface area (Å²) in [6.07, 6.45) is 0. The molecule has 146 valence electrons. The third-order valence-electron chi connectivity index (χ3n) is 6.43. The average Bonchev–Trinajstić information content (AvgIpc) is 2.60. The number of fused-ring (bicyclic) bond motifs is 1. The molecule has 4 nitrogen and oxygen atoms in total. The van der Waals surface area contributed by atoms with E-state index in [4.69, 9.17) is 9.16 Å². The van der Waals surface area contributed by atoms with E-state index in [2.05, 4.69) is 74.0 Å². The summed E-state index contributed by atoms with van der Waals surface area (Å²) in [5, 5.41) is 0.257. The predicted molar refractivity (Wildman–Crippen MR) is 110 cm³/mol. The third-order valence-corrected chi connectivity index (χ3v) is 10.9. The number of rotatable bonds is 5. The highest BCUT2D eigenvalue weighted by atomic mass is 28.4. The molecule has 0 aliphatic carbocycles. The lowest BCUT2D eigenvalue weighted by molar-refractivity contribution is -0.0732. The molecule has 0 aromatic heterocycles. The standard InChI is InChI=1S/C21H36N2O2Si/c1-21(2,3)26(4,5)25-17-20-14-22-11-12-24-16-19(22)15-23(20)13-18-9-7-6-8-10-18/h6-10,19-20H,11-17H2,1-5H3. The Morgan fingerprint density at radius 2 is 1.88 bits per heavy atom. The van der Waals surface area contributed by atoms with Crippen LogP contribution in [0.1, 0.15) is 26.3 Å². The fraction of sp³-hybridized carbons (Fsp3) is 0.714. The van der Waals surface area contributed by atoms with Gasteiger partial charge in [-0.3, -0.25) is 9.80 Å². The summed E-state index contributed by atoms with van der Waals surface area (Å²) in [5.41, 5.74) is 1.38. The number of piperazine rings is 1. The van der Waals surface area contributed by atoms with Gasteiger partial charge in [0.2, 0.25) is 0 Å². The van der Waals surface area contributed by atoms with Gasteiger partial charge in [-0.1, -0.05) is 51.1 Å². The van der Waals surface area contributed by atoms with Gasteiger partial charge in [-0.2, -0.15) is 0 Å². The molecule has 2 heterocycles. The van der Waals surface area contributed by atoms with Crippen molar-refractivity contribution in [3.8, 4) is 0 Å². The first kappa shape index (κ1) is 20.0. The van der Waals surface area contributed by atoms with Gasteiger partial charge in [-0.05, 0) is 23.7 Å². The van der Waals surface area contributed by atoms with Gasteiger partial charge in [-0.25, -0.2) is 0 Å². The van der Waals surface area contributed by atoms with Crippen molar-refractivity contribution in [3.05, 3.63) is 35.9 Å². The first-order chi connectivity index (χ1) is 12.3. The Hall–Kier alpha value is -0.723. The lowest BCUT2D eigenvalue weighted by Gasteiger charge is -2.49. The van der Waals surface area contributed by atoms with Crippen LogP contribution in [0.3, 0.4) is 0 Å². The van der Waals surface area contributed by atoms with E-state index in [1.165, 1.54) is 5.56 Å². The maximum Gasteiger partial charge on any atom is 0.192 e. The zero-order valence-electron chi connectivity index (χ0n) is 17.2. The summed E-state index contributed by atoms with van der Waals surface area (Å²) >= 11 is 0. The molecule has 2 aliphatic rings. The number of benzene rings is 1. The predicted octanol–water partition coefficient (Wildman–Crippen LogP) is 3.59. The van der Waals surface area contributed by atoms with Crippen LogP contribution in [0.25, 0.3) is 0 Å². The van der Waals surface area contributed by atoms with Gasteiger partial charge in [0, 0.05) is 38.3 Å². The maximum absolute atomic E-state index is 6.62. The van der Waals surface area contributed by atoms with Crippen LogP contribution in [0.5, 0.6) is 0 Å². The molecule has 0 spiro atoms. The van der Waals surface area contributed by atoms with Crippen LogP contribution in [-0.4, -0.2) is 69.7 Å². The number of ether oxygens (including phenoxy) is 1. The first-order valence-corrected chi connectivity index (χ1v) is 12.9. The quantitative estimate of drug-likeness (QED) is 0.733. The second kappa shape index (κ2) is 8.11. The molecule has 2 saturated heterocycles. The summed E-state index contributed by atoms with van der Waals surface area (Å²) in [4.78, 5) is 5.24. The minimum Gasteiger partial charge on any atom is -0.415 e. The zero-order valence-corrected chi connectivity index (χ0v) is 18.2. The lowest BCUT2D eigenvalue weighted by Crippen LogP contribution is -2.63. The molecule has 2 atom stereocenters. The monoisotopic (exact) mass is 376 g/mol. The molecule has 1 aromatic rings. The molecule has 1 aromatic carbocycles. The molecular formula is C21H36N2O2Si. The summed E-state index contributed by atoms with van der Waals surface area (Å²) < 4.78 is 12.4. The molecule has 0 amide bonds. The molecule has 0 N–H and O–H groups in total. The van der Waals surface area contributed by atoms with Gasteiger partial charge in [-0.15, -0.1) is 0 Å². The highest BCUT2D eigenvalue weighted by Crippen LogP contribution is 2.37. The number of hydrogen-bond acceptors (Lipinski definition) is 4. The SMILES string of the molecule is CC(C)(C)[Si](C)(C)OCC1CN2CCOCC2CN1Cc1ccccc1. The van der Waals surface area contributed by atoms with E-state index >= 15 is 0 Å². The Balaban J connectivity index is 1.70. The van der Waals surface area contributed by atoms with Crippen LogP contribution in [0.2, 0.25) is 18.1 Å². The van der Waals surface area contributed by atoms with E-state index in [1.54, 1.807) is 0 Å². The van der Waals surface area contributed by atoms with E-state index in [9.17, 15) is 0 Å². The van der Waals surface area contributed by atoms with Crippen molar-refractivity contribution in [2.24, 2.45) is 0 Å². The fourth-order valence-corrected chi connectivity index (χ4v) is 4.64. The minimum absolute atomic E-state index is 0.257. The molecule has 3 rings (SSSR count). The number of hydrogen-bond donors (Lipinski definition) is 0. The number of morpholine rings is 1. The van der Waals surface area contributed by atoms with E-state index in [-0.39, 0.29) is 5.04 Å². The van der Waals surface area contributed by atoms with Gasteiger partial charge in [0.25, 0.3) is 0 Å². The Labute approximate surface area is 160 Å². The van der Waals surface area contributed by atoms with Gasteiger partial charge in [0.05, 0.1) is 19.8 Å². The molecular weight excluding hydrogens is 340 g/mol. The van der Waals surface area contributed by atoms with Crippen LogP contribution in [0, 0.1) is 0 Å². The third kappa shape index (κ3) is 4.76. The second-order valence-electron chi connectivity index (χ2n) is 9.36. The molecule has 0 saturated carbocycles. The van der Waals surface area contributed by atoms with Crippen molar-refractivity contribution < 1.29 is 9.16 Å². The molecule has 0 radical (unpaired) electrons. The lowest BCUT2D eigenvalue weighted by atomic mass is 10.0. The van der Waals surface area contributed by atoms with Crippen molar-refractivity contribution in [1.29, 1.82) is 0 Å². The highest BCUT2D eigenvalue weighted by molar-refractivity contribution is 6.74. The normalized spacial score (nSPS) is 25.9. The van der Waals surface area contributed by atoms with Crippen LogP contribution < -0.4 is 0 Å². The van der Waals surface area contributed by atoms with Crippen LogP contribution >= 0.6 is 0 Å². The Morgan fingerprint density at radius 1 is 1.15 bits per heavy atom. The van der Waals surface area contributed by atoms with Crippen molar-refractivity contribution in [2.45, 2.75) is 57.5 Å². The van der Waals surface area contributed by atoms with Crippen molar-refractivity contribution >= 4 is 8.32 Å². The smallest absolute Gasteiger partial charge is 0.192 e. The van der Waals surface area contributed by atoms with E-state index in [0.717, 1.165) is 46.0 Å². The fourth-order valence-electron chi connectivity index (χ4n) is 3.59. The molecule has 5 heteroatoms. The molecule has 0 bridgehead atoms. The summed E-state index contributed by atoms with van der Waals surface area (Å²) in [6.45, 7) is 18.5. The van der Waals surface area contributed by atoms with E-state index in [0.29, 0.717) is 12.1 Å². The molecule has 2 unspecified atom stereocenters. The van der Waals surface area contributed by atoms with Gasteiger partial charge < -0.3 is 9.16 Å². The van der Waals surface area contributed by atoms with Crippen LogP contribution in [-0.2, 0) is 15.7 Å². The van der Waals surface area contributed by atoms with E-state index in [1.807, 2.05) is 0 Å². The molecule has 26 heavy (non-hydrogen) atoms. The second-order valence-corrected chi connectivity index (χ2v) is 14.2. The average molecular weight is 377 g/mol. The van der Waals surface area contributed by atoms with Crippen LogP contribution in [0.15, 0.2) is 30.3 Å². The summed E-state index contributed by atoms with van der Waals surface area (Å²) in [6, 6.07) is 11.8. The Bertz CT molecular complexity index is 573.